The Kier molecular flexibility index (Phi) is 6.51. The lowest BCUT2D eigenvalue weighted by molar-refractivity contribution is 0.588. The van der Waals surface area contributed by atoms with Crippen molar-refractivity contribution in [2.24, 2.45) is 0 Å². The van der Waals surface area contributed by atoms with Gasteiger partial charge in [-0.3, -0.25) is 0 Å². The molecule has 0 amide bonds. The molecule has 0 unspecified atom stereocenters. The summed E-state index contributed by atoms with van der Waals surface area (Å²) in [5.41, 5.74) is 1.07. The minimum Gasteiger partial charge on any atom is -0.306 e. The number of hydrogen-bond donors (Lipinski definition) is 0. The molecule has 120 valence electrons. The fourth-order valence-corrected chi connectivity index (χ4v) is 5.97. The highest BCUT2D eigenvalue weighted by Gasteiger charge is 2.34. The predicted molar refractivity (Wildman–Crippen MR) is 104 cm³/mol. The molecule has 0 aliphatic heterocycles. The van der Waals surface area contributed by atoms with Gasteiger partial charge >= 0.3 is 0 Å². The number of nitrogens with zero attached hydrogens (tertiary/aromatic N) is 2. The van der Waals surface area contributed by atoms with E-state index in [0.717, 1.165) is 11.7 Å². The molecule has 23 heavy (non-hydrogen) atoms. The summed E-state index contributed by atoms with van der Waals surface area (Å²) in [6.07, 6.45) is 5.16. The van der Waals surface area contributed by atoms with Crippen molar-refractivity contribution in [1.82, 2.24) is 9.97 Å². The van der Waals surface area contributed by atoms with Crippen LogP contribution in [0.2, 0.25) is 0 Å². The van der Waals surface area contributed by atoms with Gasteiger partial charge in [0.1, 0.15) is 20.1 Å². The highest BCUT2D eigenvalue weighted by atomic mass is 79.9. The Morgan fingerprint density at radius 2 is 1.65 bits per heavy atom. The van der Waals surface area contributed by atoms with Crippen LogP contribution in [-0.2, 0) is 4.57 Å². The van der Waals surface area contributed by atoms with Crippen molar-refractivity contribution in [3.05, 3.63) is 69.6 Å². The Bertz CT molecular complexity index is 740. The van der Waals surface area contributed by atoms with Crippen LogP contribution in [-0.4, -0.2) is 9.97 Å². The number of allylic oxidation sites excluding steroid dienone is 3. The van der Waals surface area contributed by atoms with Crippen molar-refractivity contribution < 1.29 is 4.57 Å². The first-order valence-corrected chi connectivity index (χ1v) is 10.4. The molecule has 3 nitrogen and oxygen atoms in total. The van der Waals surface area contributed by atoms with E-state index in [1.807, 2.05) is 43.3 Å². The first-order chi connectivity index (χ1) is 11.0. The molecular weight excluding hydrogens is 439 g/mol. The summed E-state index contributed by atoms with van der Waals surface area (Å²) in [4.78, 5) is 8.92. The molecule has 0 N–H and O–H groups in total. The molecule has 0 aliphatic rings. The third-order valence-electron chi connectivity index (χ3n) is 3.39. The van der Waals surface area contributed by atoms with E-state index < -0.39 is 7.14 Å². The van der Waals surface area contributed by atoms with Gasteiger partial charge in [0.05, 0.1) is 0 Å². The number of rotatable bonds is 6. The summed E-state index contributed by atoms with van der Waals surface area (Å²) in [6.45, 7) is 5.66. The Morgan fingerprint density at radius 1 is 1.13 bits per heavy atom. The number of pyridine rings is 2. The molecule has 0 bridgehead atoms. The van der Waals surface area contributed by atoms with Crippen molar-refractivity contribution in [1.29, 1.82) is 0 Å². The summed E-state index contributed by atoms with van der Waals surface area (Å²) in [6, 6.07) is 10.9. The van der Waals surface area contributed by atoms with Crippen LogP contribution in [0.1, 0.15) is 19.8 Å². The summed E-state index contributed by atoms with van der Waals surface area (Å²) < 4.78 is 15.4. The third-order valence-corrected chi connectivity index (χ3v) is 7.35. The van der Waals surface area contributed by atoms with Gasteiger partial charge in [-0.15, -0.1) is 6.58 Å². The Balaban J connectivity index is 2.68. The summed E-state index contributed by atoms with van der Waals surface area (Å²) in [5.74, 6) is 0. The second-order valence-corrected chi connectivity index (χ2v) is 9.19. The standard InChI is InChI=1S/C17H17Br2N2OP/c1-3-5-8-13(4-2)23(22,16-11-6-9-14(18)20-16)17-12-7-10-15(19)21-17/h3-4,6-7,9-12H,1,5,8H2,2H3/b13-4+. The van der Waals surface area contributed by atoms with Gasteiger partial charge < -0.3 is 4.57 Å². The lowest BCUT2D eigenvalue weighted by atomic mass is 10.3. The fraction of sp³-hybridized carbons (Fsp3) is 0.176. The van der Waals surface area contributed by atoms with Gasteiger partial charge in [0.15, 0.2) is 0 Å². The molecule has 0 atom stereocenters. The van der Waals surface area contributed by atoms with Gasteiger partial charge in [0, 0.05) is 0 Å². The monoisotopic (exact) mass is 454 g/mol. The highest BCUT2D eigenvalue weighted by molar-refractivity contribution is 9.10. The third kappa shape index (κ3) is 4.09. The van der Waals surface area contributed by atoms with Crippen LogP contribution in [0.4, 0.5) is 0 Å². The molecule has 2 heterocycles. The number of hydrogen-bond acceptors (Lipinski definition) is 3. The number of aromatic nitrogens is 2. The average molecular weight is 456 g/mol. The van der Waals surface area contributed by atoms with Crippen molar-refractivity contribution in [2.45, 2.75) is 19.8 Å². The molecule has 2 rings (SSSR count). The maximum absolute atomic E-state index is 14.1. The molecule has 0 radical (unpaired) electrons. The van der Waals surface area contributed by atoms with E-state index in [9.17, 15) is 4.57 Å². The van der Waals surface area contributed by atoms with E-state index in [1.54, 1.807) is 12.1 Å². The van der Waals surface area contributed by atoms with Crippen molar-refractivity contribution in [2.75, 3.05) is 0 Å². The van der Waals surface area contributed by atoms with E-state index in [2.05, 4.69) is 48.4 Å². The van der Waals surface area contributed by atoms with Crippen LogP contribution in [0.3, 0.4) is 0 Å². The van der Waals surface area contributed by atoms with E-state index in [1.165, 1.54) is 0 Å². The maximum Gasteiger partial charge on any atom is 0.201 e. The maximum atomic E-state index is 14.1. The molecule has 0 saturated heterocycles. The van der Waals surface area contributed by atoms with E-state index in [-0.39, 0.29) is 0 Å². The largest absolute Gasteiger partial charge is 0.306 e. The summed E-state index contributed by atoms with van der Waals surface area (Å²) >= 11 is 6.74. The lowest BCUT2D eigenvalue weighted by Crippen LogP contribution is -2.23. The quantitative estimate of drug-likeness (QED) is 0.342. The second kappa shape index (κ2) is 8.18. The molecule has 2 aromatic heterocycles. The Labute approximate surface area is 153 Å². The second-order valence-electron chi connectivity index (χ2n) is 4.85. The van der Waals surface area contributed by atoms with Crippen LogP contribution >= 0.6 is 39.0 Å². The summed E-state index contributed by atoms with van der Waals surface area (Å²) in [7, 11) is -3.09. The number of halogens is 2. The molecule has 0 spiro atoms. The van der Waals surface area contributed by atoms with Crippen LogP contribution in [0.25, 0.3) is 0 Å². The Morgan fingerprint density at radius 3 is 2.04 bits per heavy atom. The van der Waals surface area contributed by atoms with Gasteiger partial charge in [0.2, 0.25) is 7.14 Å². The van der Waals surface area contributed by atoms with Gasteiger partial charge in [0.25, 0.3) is 0 Å². The average Bonchev–Trinajstić information content (AvgIpc) is 2.55. The van der Waals surface area contributed by atoms with Gasteiger partial charge in [-0.2, -0.15) is 0 Å². The normalized spacial score (nSPS) is 12.2. The van der Waals surface area contributed by atoms with E-state index >= 15 is 0 Å². The van der Waals surface area contributed by atoms with Crippen molar-refractivity contribution in [3.8, 4) is 0 Å². The minimum absolute atomic E-state index is 0.537. The predicted octanol–water partition coefficient (Wildman–Crippen LogP) is 5.19. The molecule has 0 saturated carbocycles. The van der Waals surface area contributed by atoms with Crippen LogP contribution < -0.4 is 10.9 Å². The van der Waals surface area contributed by atoms with Gasteiger partial charge in [-0.25, -0.2) is 9.97 Å². The Hall–Kier alpha value is -1.03. The van der Waals surface area contributed by atoms with Crippen LogP contribution in [0.15, 0.2) is 69.6 Å². The van der Waals surface area contributed by atoms with Crippen LogP contribution in [0.5, 0.6) is 0 Å². The topological polar surface area (TPSA) is 42.9 Å². The van der Waals surface area contributed by atoms with Crippen molar-refractivity contribution >= 4 is 49.9 Å². The first kappa shape index (κ1) is 18.3. The van der Waals surface area contributed by atoms with E-state index in [4.69, 9.17) is 0 Å². The SMILES string of the molecule is C=CCC/C(=C\C)P(=O)(c1cccc(Br)n1)c1cccc(Br)n1. The van der Waals surface area contributed by atoms with Gasteiger partial charge in [-0.05, 0) is 81.2 Å². The molecule has 0 aliphatic carbocycles. The van der Waals surface area contributed by atoms with Crippen molar-refractivity contribution in [3.63, 3.8) is 0 Å². The molecule has 2 aromatic rings. The lowest BCUT2D eigenvalue weighted by Gasteiger charge is -2.21. The molecule has 6 heteroatoms. The molecule has 0 fully saturated rings. The zero-order chi connectivity index (χ0) is 16.9. The van der Waals surface area contributed by atoms with E-state index in [0.29, 0.717) is 26.5 Å². The summed E-state index contributed by atoms with van der Waals surface area (Å²) in [5, 5.41) is 0.841. The smallest absolute Gasteiger partial charge is 0.201 e. The first-order valence-electron chi connectivity index (χ1n) is 7.15. The zero-order valence-corrected chi connectivity index (χ0v) is 16.8. The zero-order valence-electron chi connectivity index (χ0n) is 12.7. The van der Waals surface area contributed by atoms with Gasteiger partial charge in [-0.1, -0.05) is 24.3 Å². The molecule has 0 aromatic carbocycles. The minimum atomic E-state index is -3.09. The highest BCUT2D eigenvalue weighted by Crippen LogP contribution is 2.52. The van der Waals surface area contributed by atoms with Crippen LogP contribution in [0, 0.1) is 0 Å². The fourth-order valence-electron chi connectivity index (χ4n) is 2.29. The molecular formula is C17H17Br2N2OP.